The molecule has 0 bridgehead atoms. The highest BCUT2D eigenvalue weighted by Gasteiger charge is 2.25. The summed E-state index contributed by atoms with van der Waals surface area (Å²) in [4.78, 5) is 16.3. The van der Waals surface area contributed by atoms with Crippen LogP contribution in [0, 0.1) is 0 Å². The zero-order chi connectivity index (χ0) is 25.7. The van der Waals surface area contributed by atoms with E-state index in [1.165, 1.54) is 16.1 Å². The molecule has 0 radical (unpaired) electrons. The maximum absolute atomic E-state index is 12.0. The van der Waals surface area contributed by atoms with Gasteiger partial charge in [0.25, 0.3) is 0 Å². The number of aryl methyl sites for hydroxylation is 2. The second-order valence-corrected chi connectivity index (χ2v) is 11.4. The molecule has 10 heteroatoms. The first-order valence-electron chi connectivity index (χ1n) is 12.7. The summed E-state index contributed by atoms with van der Waals surface area (Å²) in [7, 11) is -3.20. The number of sulfonamides is 1. The molecule has 0 atom stereocenters. The lowest BCUT2D eigenvalue weighted by Gasteiger charge is -2.33. The van der Waals surface area contributed by atoms with Crippen molar-refractivity contribution in [3.05, 3.63) is 71.9 Å². The number of piperazine rings is 1. The molecule has 0 spiro atoms. The van der Waals surface area contributed by atoms with Crippen LogP contribution < -0.4 is 15.5 Å². The van der Waals surface area contributed by atoms with Crippen LogP contribution in [-0.4, -0.2) is 74.2 Å². The van der Waals surface area contributed by atoms with E-state index in [0.29, 0.717) is 32.1 Å². The smallest absolute Gasteiger partial charge is 0.226 e. The largest absolute Gasteiger partial charge is 0.354 e. The zero-order valence-corrected chi connectivity index (χ0v) is 21.9. The van der Waals surface area contributed by atoms with Crippen LogP contribution in [0.2, 0.25) is 0 Å². The van der Waals surface area contributed by atoms with Gasteiger partial charge in [0.1, 0.15) is 0 Å². The number of nitrogens with zero attached hydrogens (tertiary/aromatic N) is 5. The average molecular weight is 520 g/mol. The lowest BCUT2D eigenvalue weighted by atomic mass is 10.1. The van der Waals surface area contributed by atoms with Gasteiger partial charge in [-0.3, -0.25) is 4.99 Å². The van der Waals surface area contributed by atoms with Gasteiger partial charge in [0.2, 0.25) is 16.0 Å². The number of benzene rings is 2. The second-order valence-electron chi connectivity index (χ2n) is 9.39. The fraction of sp³-hybridized carbons (Fsp3) is 0.370. The maximum Gasteiger partial charge on any atom is 0.226 e. The van der Waals surface area contributed by atoms with Crippen molar-refractivity contribution in [1.82, 2.24) is 19.6 Å². The molecule has 194 valence electrons. The summed E-state index contributed by atoms with van der Waals surface area (Å²) in [5.41, 5.74) is 5.15. The Morgan fingerprint density at radius 3 is 2.38 bits per heavy atom. The monoisotopic (exact) mass is 519 g/mol. The van der Waals surface area contributed by atoms with E-state index >= 15 is 0 Å². The molecule has 37 heavy (non-hydrogen) atoms. The first-order valence-corrected chi connectivity index (χ1v) is 14.6. The summed E-state index contributed by atoms with van der Waals surface area (Å²) >= 11 is 0. The Morgan fingerprint density at radius 2 is 1.70 bits per heavy atom. The van der Waals surface area contributed by atoms with E-state index < -0.39 is 10.0 Å². The van der Waals surface area contributed by atoms with Gasteiger partial charge in [-0.25, -0.2) is 18.4 Å². The highest BCUT2D eigenvalue weighted by atomic mass is 32.2. The number of hydrogen-bond donors (Lipinski definition) is 2. The predicted octanol–water partition coefficient (Wildman–Crippen LogP) is 2.77. The average Bonchev–Trinajstić information content (AvgIpc) is 3.42. The van der Waals surface area contributed by atoms with Crippen LogP contribution in [0.25, 0.3) is 11.3 Å². The standard InChI is InChI=1S/C27H33N7O2S/c1-37(35,36)34-18-16-33(17-19-34)27-31-24(9-5-8-21-6-3-2-4-7-21)20-25(32-27)22-10-12-23(13-11-22)30-26-28-14-15-29-26/h2-4,6-7,10-13,20H,5,8-9,14-19H2,1H3,(H2,28,29,30). The van der Waals surface area contributed by atoms with Gasteiger partial charge in [-0.1, -0.05) is 42.5 Å². The van der Waals surface area contributed by atoms with Gasteiger partial charge in [-0.05, 0) is 43.0 Å². The summed E-state index contributed by atoms with van der Waals surface area (Å²) in [6.45, 7) is 3.66. The molecule has 2 aliphatic rings. The minimum atomic E-state index is -3.20. The van der Waals surface area contributed by atoms with E-state index in [1.807, 2.05) is 18.2 Å². The molecule has 9 nitrogen and oxygen atoms in total. The number of aromatic nitrogens is 2. The Balaban J connectivity index is 1.35. The van der Waals surface area contributed by atoms with Crippen LogP contribution in [0.4, 0.5) is 11.6 Å². The van der Waals surface area contributed by atoms with Gasteiger partial charge in [0, 0.05) is 49.7 Å². The minimum Gasteiger partial charge on any atom is -0.354 e. The maximum atomic E-state index is 12.0. The molecular weight excluding hydrogens is 486 g/mol. The number of nitrogens with one attached hydrogen (secondary N) is 2. The Morgan fingerprint density at radius 1 is 0.946 bits per heavy atom. The zero-order valence-electron chi connectivity index (χ0n) is 21.1. The summed E-state index contributed by atoms with van der Waals surface area (Å²) in [5, 5.41) is 6.52. The second kappa shape index (κ2) is 11.3. The van der Waals surface area contributed by atoms with Crippen LogP contribution in [0.3, 0.4) is 0 Å². The van der Waals surface area contributed by atoms with Crippen LogP contribution in [0.1, 0.15) is 17.7 Å². The molecule has 0 unspecified atom stereocenters. The molecular formula is C27H33N7O2S. The molecule has 2 aromatic carbocycles. The van der Waals surface area contributed by atoms with Crippen LogP contribution in [0.15, 0.2) is 65.7 Å². The van der Waals surface area contributed by atoms with Crippen molar-refractivity contribution in [3.8, 4) is 11.3 Å². The molecule has 1 saturated heterocycles. The van der Waals surface area contributed by atoms with Gasteiger partial charge in [-0.2, -0.15) is 4.31 Å². The molecule has 3 heterocycles. The van der Waals surface area contributed by atoms with E-state index in [1.54, 1.807) is 0 Å². The van der Waals surface area contributed by atoms with Gasteiger partial charge in [0.15, 0.2) is 5.96 Å². The quantitative estimate of drug-likeness (QED) is 0.472. The molecule has 0 saturated carbocycles. The summed E-state index contributed by atoms with van der Waals surface area (Å²) in [5.74, 6) is 1.46. The van der Waals surface area contributed by atoms with Gasteiger partial charge in [0.05, 0.1) is 18.5 Å². The molecule has 1 aromatic heterocycles. The molecule has 2 N–H and O–H groups in total. The predicted molar refractivity (Wildman–Crippen MR) is 148 cm³/mol. The minimum absolute atomic E-state index is 0.439. The Labute approximate surface area is 218 Å². The normalized spacial score (nSPS) is 16.4. The summed E-state index contributed by atoms with van der Waals surface area (Å²) in [6, 6.07) is 20.7. The summed E-state index contributed by atoms with van der Waals surface area (Å²) in [6.07, 6.45) is 4.07. The third kappa shape index (κ3) is 6.64. The topological polar surface area (TPSA) is 103 Å². The van der Waals surface area contributed by atoms with Gasteiger partial charge in [-0.15, -0.1) is 0 Å². The van der Waals surface area contributed by atoms with E-state index in [0.717, 1.165) is 61.0 Å². The third-order valence-electron chi connectivity index (χ3n) is 6.62. The Bertz CT molecular complexity index is 1340. The highest BCUT2D eigenvalue weighted by Crippen LogP contribution is 2.24. The van der Waals surface area contributed by atoms with Crippen LogP contribution in [-0.2, 0) is 22.9 Å². The first-order chi connectivity index (χ1) is 17.9. The molecule has 2 aliphatic heterocycles. The van der Waals surface area contributed by atoms with E-state index in [-0.39, 0.29) is 0 Å². The fourth-order valence-electron chi connectivity index (χ4n) is 4.58. The van der Waals surface area contributed by atoms with Gasteiger partial charge < -0.3 is 15.5 Å². The SMILES string of the molecule is CS(=O)(=O)N1CCN(c2nc(CCCc3ccccc3)cc(-c3ccc(NC4=NCCN4)cc3)n2)CC1. The summed E-state index contributed by atoms with van der Waals surface area (Å²) < 4.78 is 25.4. The molecule has 0 amide bonds. The molecule has 5 rings (SSSR count). The van der Waals surface area contributed by atoms with Crippen molar-refractivity contribution in [3.63, 3.8) is 0 Å². The molecule has 0 aliphatic carbocycles. The van der Waals surface area contributed by atoms with E-state index in [9.17, 15) is 8.42 Å². The molecule has 1 fully saturated rings. The van der Waals surface area contributed by atoms with Crippen molar-refractivity contribution in [2.45, 2.75) is 19.3 Å². The van der Waals surface area contributed by atoms with Crippen LogP contribution in [0.5, 0.6) is 0 Å². The number of anilines is 2. The Hall–Kier alpha value is -3.50. The molecule has 3 aromatic rings. The number of aliphatic imine (C=N–C) groups is 1. The van der Waals surface area contributed by atoms with Crippen LogP contribution >= 0.6 is 0 Å². The number of rotatable bonds is 8. The van der Waals surface area contributed by atoms with Crippen molar-refractivity contribution in [2.75, 3.05) is 55.7 Å². The highest BCUT2D eigenvalue weighted by molar-refractivity contribution is 7.88. The van der Waals surface area contributed by atoms with Crippen molar-refractivity contribution in [2.24, 2.45) is 4.99 Å². The lowest BCUT2D eigenvalue weighted by Crippen LogP contribution is -2.48. The van der Waals surface area contributed by atoms with Crippen molar-refractivity contribution >= 4 is 27.6 Å². The number of guanidine groups is 1. The fourth-order valence-corrected chi connectivity index (χ4v) is 5.41. The first kappa shape index (κ1) is 25.2. The van der Waals surface area contributed by atoms with Crippen molar-refractivity contribution < 1.29 is 8.42 Å². The van der Waals surface area contributed by atoms with Gasteiger partial charge >= 0.3 is 0 Å². The Kier molecular flexibility index (Phi) is 7.66. The third-order valence-corrected chi connectivity index (χ3v) is 7.92. The van der Waals surface area contributed by atoms with E-state index in [4.69, 9.17) is 9.97 Å². The lowest BCUT2D eigenvalue weighted by molar-refractivity contribution is 0.385. The van der Waals surface area contributed by atoms with Crippen molar-refractivity contribution in [1.29, 1.82) is 0 Å². The number of hydrogen-bond acceptors (Lipinski definition) is 8. The van der Waals surface area contributed by atoms with E-state index in [2.05, 4.69) is 63.0 Å².